The first kappa shape index (κ1) is 6.49. The Bertz CT molecular complexity index is 61.1. The number of unbranched alkanes of at least 4 members (excludes halogenated alkanes) is 3. The molecule has 1 heteroatoms. The Morgan fingerprint density at radius 2 is 2.43 bits per heavy atom. The van der Waals surface area contributed by atoms with Crippen LogP contribution in [-0.4, -0.2) is 0 Å². The summed E-state index contributed by atoms with van der Waals surface area (Å²) in [7, 11) is 0. The maximum Gasteiger partial charge on any atom is 0.0624 e. The van der Waals surface area contributed by atoms with E-state index in [1.54, 1.807) is 0 Å². The van der Waals surface area contributed by atoms with Crippen molar-refractivity contribution in [3.05, 3.63) is 6.42 Å². The molecular weight excluding hydrogens is 86.1 g/mol. The van der Waals surface area contributed by atoms with Gasteiger partial charge >= 0.3 is 0 Å². The summed E-state index contributed by atoms with van der Waals surface area (Å²) in [5.74, 6) is 0. The molecule has 1 nitrogen and oxygen atoms in total. The molecule has 0 atom stereocenters. The first-order chi connectivity index (χ1) is 3.41. The Morgan fingerprint density at radius 1 is 1.71 bits per heavy atom. The van der Waals surface area contributed by atoms with Crippen molar-refractivity contribution >= 4 is 0 Å². The highest BCUT2D eigenvalue weighted by Gasteiger charge is 1.80. The van der Waals surface area contributed by atoms with E-state index in [1.807, 2.05) is 12.5 Å². The molecule has 0 fully saturated rings. The molecule has 0 amide bonds. The largest absolute Gasteiger partial charge is 0.198 e. The van der Waals surface area contributed by atoms with Crippen LogP contribution in [0.1, 0.15) is 26.2 Å². The fourth-order valence-electron chi connectivity index (χ4n) is 0.371. The van der Waals surface area contributed by atoms with Crippen LogP contribution >= 0.6 is 0 Å². The fourth-order valence-corrected chi connectivity index (χ4v) is 0.371. The zero-order chi connectivity index (χ0) is 5.54. The molecule has 39 valence electrons. The summed E-state index contributed by atoms with van der Waals surface area (Å²) in [6.45, 7) is 2.11. The van der Waals surface area contributed by atoms with E-state index in [0.717, 1.165) is 12.8 Å². The number of nitrogens with zero attached hydrogens (tertiary/aromatic N) is 1. The molecule has 0 unspecified atom stereocenters. The smallest absolute Gasteiger partial charge is 0.0624 e. The number of hydrogen-bond acceptors (Lipinski definition) is 1. The van der Waals surface area contributed by atoms with Crippen LogP contribution in [-0.2, 0) is 0 Å². The molecule has 0 aliphatic carbocycles. The second-order valence-electron chi connectivity index (χ2n) is 1.44. The van der Waals surface area contributed by atoms with E-state index in [4.69, 9.17) is 5.26 Å². The lowest BCUT2D eigenvalue weighted by atomic mass is 10.2. The quantitative estimate of drug-likeness (QED) is 0.492. The SMILES string of the molecule is CCC[CH]CC#N. The third-order valence-electron chi connectivity index (χ3n) is 0.728. The Kier molecular flexibility index (Phi) is 5.09. The average Bonchev–Trinajstić information content (AvgIpc) is 1.69. The molecule has 1 radical (unpaired) electrons. The Morgan fingerprint density at radius 3 is 2.86 bits per heavy atom. The fraction of sp³-hybridized carbons (Fsp3) is 0.667. The predicted molar refractivity (Wildman–Crippen MR) is 29.4 cm³/mol. The van der Waals surface area contributed by atoms with Gasteiger partial charge in [-0.25, -0.2) is 0 Å². The molecule has 0 spiro atoms. The summed E-state index contributed by atoms with van der Waals surface area (Å²) in [5.41, 5.74) is 0. The van der Waals surface area contributed by atoms with Gasteiger partial charge < -0.3 is 0 Å². The van der Waals surface area contributed by atoms with Gasteiger partial charge in [0.1, 0.15) is 0 Å². The number of hydrogen-bond donors (Lipinski definition) is 0. The lowest BCUT2D eigenvalue weighted by Gasteiger charge is -1.84. The highest BCUT2D eigenvalue weighted by atomic mass is 14.2. The van der Waals surface area contributed by atoms with E-state index in [1.165, 1.54) is 0 Å². The van der Waals surface area contributed by atoms with E-state index < -0.39 is 0 Å². The van der Waals surface area contributed by atoms with Crippen molar-refractivity contribution in [3.8, 4) is 6.07 Å². The van der Waals surface area contributed by atoms with Crippen LogP contribution in [0.25, 0.3) is 0 Å². The van der Waals surface area contributed by atoms with Crippen LogP contribution in [0, 0.1) is 17.8 Å². The maximum absolute atomic E-state index is 8.01. The van der Waals surface area contributed by atoms with Gasteiger partial charge in [-0.2, -0.15) is 5.26 Å². The molecule has 0 saturated heterocycles. The molecule has 0 aliphatic rings. The van der Waals surface area contributed by atoms with Crippen molar-refractivity contribution in [2.45, 2.75) is 26.2 Å². The number of nitriles is 1. The Hall–Kier alpha value is -0.510. The lowest BCUT2D eigenvalue weighted by molar-refractivity contribution is 0.877. The molecule has 0 bridgehead atoms. The first-order valence-electron chi connectivity index (χ1n) is 2.60. The van der Waals surface area contributed by atoms with E-state index in [0.29, 0.717) is 6.42 Å². The lowest BCUT2D eigenvalue weighted by Crippen LogP contribution is -1.70. The standard InChI is InChI=1S/C6H10N/c1-2-3-4-5-6-7/h4H,2-3,5H2,1H3. The molecule has 0 aliphatic heterocycles. The van der Waals surface area contributed by atoms with Gasteiger partial charge in [-0.3, -0.25) is 0 Å². The van der Waals surface area contributed by atoms with Gasteiger partial charge in [0.15, 0.2) is 0 Å². The zero-order valence-corrected chi connectivity index (χ0v) is 4.65. The molecule has 0 aromatic carbocycles. The van der Waals surface area contributed by atoms with Gasteiger partial charge in [0.25, 0.3) is 0 Å². The average molecular weight is 96.2 g/mol. The molecule has 0 heterocycles. The van der Waals surface area contributed by atoms with E-state index >= 15 is 0 Å². The second-order valence-corrected chi connectivity index (χ2v) is 1.44. The minimum atomic E-state index is 0.605. The molecule has 0 saturated carbocycles. The van der Waals surface area contributed by atoms with E-state index in [9.17, 15) is 0 Å². The Labute approximate surface area is 45.0 Å². The summed E-state index contributed by atoms with van der Waals surface area (Å²) in [5, 5.41) is 8.01. The second kappa shape index (κ2) is 5.49. The summed E-state index contributed by atoms with van der Waals surface area (Å²) in [6, 6.07) is 2.05. The molecule has 0 aromatic heterocycles. The van der Waals surface area contributed by atoms with Crippen molar-refractivity contribution in [1.29, 1.82) is 5.26 Å². The van der Waals surface area contributed by atoms with Crippen LogP contribution in [0.5, 0.6) is 0 Å². The van der Waals surface area contributed by atoms with Gasteiger partial charge in [-0.1, -0.05) is 13.3 Å². The van der Waals surface area contributed by atoms with Crippen LogP contribution in [0.2, 0.25) is 0 Å². The van der Waals surface area contributed by atoms with Crippen molar-refractivity contribution in [2.75, 3.05) is 0 Å². The summed E-state index contributed by atoms with van der Waals surface area (Å²) >= 11 is 0. The molecule has 7 heavy (non-hydrogen) atoms. The molecule has 0 N–H and O–H groups in total. The molecular formula is C6H10N. The van der Waals surface area contributed by atoms with Crippen molar-refractivity contribution in [1.82, 2.24) is 0 Å². The van der Waals surface area contributed by atoms with Gasteiger partial charge in [0.05, 0.1) is 6.07 Å². The summed E-state index contributed by atoms with van der Waals surface area (Å²) in [6.07, 6.45) is 4.84. The third-order valence-corrected chi connectivity index (χ3v) is 0.728. The van der Waals surface area contributed by atoms with Crippen LogP contribution in [0.15, 0.2) is 0 Å². The van der Waals surface area contributed by atoms with E-state index in [2.05, 4.69) is 6.92 Å². The third kappa shape index (κ3) is 5.49. The molecule has 0 rings (SSSR count). The van der Waals surface area contributed by atoms with Crippen molar-refractivity contribution < 1.29 is 0 Å². The van der Waals surface area contributed by atoms with Gasteiger partial charge in [-0.05, 0) is 12.8 Å². The topological polar surface area (TPSA) is 23.8 Å². The highest BCUT2D eigenvalue weighted by molar-refractivity contribution is 4.79. The minimum absolute atomic E-state index is 0.605. The minimum Gasteiger partial charge on any atom is -0.198 e. The van der Waals surface area contributed by atoms with Crippen molar-refractivity contribution in [2.24, 2.45) is 0 Å². The highest BCUT2D eigenvalue weighted by Crippen LogP contribution is 1.93. The van der Waals surface area contributed by atoms with Gasteiger partial charge in [0, 0.05) is 6.42 Å². The monoisotopic (exact) mass is 96.1 g/mol. The first-order valence-corrected chi connectivity index (χ1v) is 2.60. The van der Waals surface area contributed by atoms with Gasteiger partial charge in [-0.15, -0.1) is 0 Å². The van der Waals surface area contributed by atoms with Crippen LogP contribution < -0.4 is 0 Å². The van der Waals surface area contributed by atoms with E-state index in [-0.39, 0.29) is 0 Å². The zero-order valence-electron chi connectivity index (χ0n) is 4.65. The number of rotatable bonds is 3. The van der Waals surface area contributed by atoms with Crippen LogP contribution in [0.3, 0.4) is 0 Å². The predicted octanol–water partition coefficient (Wildman–Crippen LogP) is 1.90. The van der Waals surface area contributed by atoms with Crippen molar-refractivity contribution in [3.63, 3.8) is 0 Å². The van der Waals surface area contributed by atoms with Crippen LogP contribution in [0.4, 0.5) is 0 Å². The summed E-state index contributed by atoms with van der Waals surface area (Å²) in [4.78, 5) is 0. The summed E-state index contributed by atoms with van der Waals surface area (Å²) < 4.78 is 0. The Balaban J connectivity index is 2.60. The normalized spacial score (nSPS) is 8.00. The molecule has 0 aromatic rings. The maximum atomic E-state index is 8.01. The van der Waals surface area contributed by atoms with Gasteiger partial charge in [0.2, 0.25) is 0 Å².